The molecule has 2 aromatic rings. The first kappa shape index (κ1) is 16.7. The topological polar surface area (TPSA) is 70.2 Å². The summed E-state index contributed by atoms with van der Waals surface area (Å²) in [6.07, 6.45) is 3.43. The summed E-state index contributed by atoms with van der Waals surface area (Å²) in [6, 6.07) is 3.97. The van der Waals surface area contributed by atoms with Crippen molar-refractivity contribution in [2.75, 3.05) is 24.7 Å². The number of nitrogens with zero attached hydrogens (tertiary/aromatic N) is 3. The summed E-state index contributed by atoms with van der Waals surface area (Å²) >= 11 is 0. The Bertz CT molecular complexity index is 674. The van der Waals surface area contributed by atoms with E-state index in [2.05, 4.69) is 32.7 Å². The number of nitrogens with one attached hydrogen (secondary N) is 2. The second kappa shape index (κ2) is 7.09. The van der Waals surface area contributed by atoms with Gasteiger partial charge in [-0.2, -0.15) is 0 Å². The molecule has 0 aliphatic rings. The van der Waals surface area contributed by atoms with Crippen molar-refractivity contribution >= 4 is 17.7 Å². The van der Waals surface area contributed by atoms with Gasteiger partial charge < -0.3 is 15.5 Å². The van der Waals surface area contributed by atoms with Crippen LogP contribution in [0.1, 0.15) is 22.3 Å². The molecule has 122 valence electrons. The first-order valence-electron chi connectivity index (χ1n) is 7.49. The third kappa shape index (κ3) is 4.18. The number of carbonyl (C=O) groups excluding carboxylic acids is 1. The number of aromatic nitrogens is 2. The first-order chi connectivity index (χ1) is 10.9. The molecule has 0 spiro atoms. The van der Waals surface area contributed by atoms with Crippen molar-refractivity contribution < 1.29 is 4.79 Å². The molecule has 0 radical (unpaired) electrons. The van der Waals surface area contributed by atoms with Crippen molar-refractivity contribution in [2.24, 2.45) is 0 Å². The van der Waals surface area contributed by atoms with Crippen LogP contribution in [-0.4, -0.2) is 35.0 Å². The number of carbonyl (C=O) groups is 1. The highest BCUT2D eigenvalue weighted by molar-refractivity contribution is 5.91. The number of anilines is 2. The number of benzene rings is 1. The van der Waals surface area contributed by atoms with Gasteiger partial charge in [0.2, 0.25) is 5.95 Å². The van der Waals surface area contributed by atoms with Crippen LogP contribution in [0.5, 0.6) is 0 Å². The van der Waals surface area contributed by atoms with Gasteiger partial charge in [0.15, 0.2) is 0 Å². The molecule has 6 nitrogen and oxygen atoms in total. The Morgan fingerprint density at radius 3 is 2.22 bits per heavy atom. The second-order valence-corrected chi connectivity index (χ2v) is 5.72. The van der Waals surface area contributed by atoms with E-state index in [9.17, 15) is 4.79 Å². The predicted molar refractivity (Wildman–Crippen MR) is 92.7 cm³/mol. The van der Waals surface area contributed by atoms with Crippen LogP contribution in [-0.2, 0) is 6.54 Å². The van der Waals surface area contributed by atoms with Gasteiger partial charge in [0.1, 0.15) is 0 Å². The number of urea groups is 1. The van der Waals surface area contributed by atoms with Gasteiger partial charge in [-0.3, -0.25) is 0 Å². The molecule has 0 aliphatic carbocycles. The number of hydrogen-bond donors (Lipinski definition) is 2. The minimum absolute atomic E-state index is 0.155. The summed E-state index contributed by atoms with van der Waals surface area (Å²) in [5.74, 6) is 0.562. The molecular weight excluding hydrogens is 290 g/mol. The van der Waals surface area contributed by atoms with Crippen LogP contribution >= 0.6 is 0 Å². The third-order valence-corrected chi connectivity index (χ3v) is 3.60. The van der Waals surface area contributed by atoms with Crippen LogP contribution in [0.15, 0.2) is 24.5 Å². The molecule has 0 saturated heterocycles. The average Bonchev–Trinajstić information content (AvgIpc) is 2.51. The van der Waals surface area contributed by atoms with Crippen LogP contribution in [0.2, 0.25) is 0 Å². The summed E-state index contributed by atoms with van der Waals surface area (Å²) in [4.78, 5) is 22.3. The Hall–Kier alpha value is -2.63. The molecule has 0 aliphatic heterocycles. The quantitative estimate of drug-likeness (QED) is 0.910. The van der Waals surface area contributed by atoms with Crippen molar-refractivity contribution in [3.63, 3.8) is 0 Å². The highest BCUT2D eigenvalue weighted by Crippen LogP contribution is 2.22. The summed E-state index contributed by atoms with van der Waals surface area (Å²) < 4.78 is 0. The van der Waals surface area contributed by atoms with Crippen LogP contribution in [0, 0.1) is 20.8 Å². The molecule has 23 heavy (non-hydrogen) atoms. The molecule has 1 heterocycles. The Balaban J connectivity index is 2.05. The van der Waals surface area contributed by atoms with E-state index >= 15 is 0 Å². The fraction of sp³-hybridized carbons (Fsp3) is 0.353. The largest absolute Gasteiger partial charge is 0.357 e. The molecule has 6 heteroatoms. The van der Waals surface area contributed by atoms with Crippen molar-refractivity contribution in [3.8, 4) is 0 Å². The Morgan fingerprint density at radius 1 is 1.13 bits per heavy atom. The van der Waals surface area contributed by atoms with E-state index in [4.69, 9.17) is 0 Å². The molecule has 0 saturated carbocycles. The van der Waals surface area contributed by atoms with Crippen molar-refractivity contribution in [1.29, 1.82) is 0 Å². The normalized spacial score (nSPS) is 10.3. The second-order valence-electron chi connectivity index (χ2n) is 5.72. The zero-order chi connectivity index (χ0) is 17.0. The van der Waals surface area contributed by atoms with Crippen LogP contribution in [0.4, 0.5) is 16.4 Å². The van der Waals surface area contributed by atoms with Gasteiger partial charge in [-0.25, -0.2) is 14.8 Å². The third-order valence-electron chi connectivity index (χ3n) is 3.60. The van der Waals surface area contributed by atoms with Gasteiger partial charge in [-0.05, 0) is 31.9 Å². The van der Waals surface area contributed by atoms with Gasteiger partial charge in [-0.1, -0.05) is 17.7 Å². The SMILES string of the molecule is CNc1ncc(CN(C)C(=O)Nc2c(C)cc(C)cc2C)cn1. The number of aryl methyl sites for hydroxylation is 3. The first-order valence-corrected chi connectivity index (χ1v) is 7.49. The smallest absolute Gasteiger partial charge is 0.321 e. The zero-order valence-electron chi connectivity index (χ0n) is 14.3. The molecule has 0 fully saturated rings. The molecule has 0 bridgehead atoms. The average molecular weight is 313 g/mol. The van der Waals surface area contributed by atoms with Crippen molar-refractivity contribution in [1.82, 2.24) is 14.9 Å². The Morgan fingerprint density at radius 2 is 1.70 bits per heavy atom. The van der Waals surface area contributed by atoms with Crippen LogP contribution in [0.3, 0.4) is 0 Å². The highest BCUT2D eigenvalue weighted by Gasteiger charge is 2.13. The molecule has 1 aromatic carbocycles. The lowest BCUT2D eigenvalue weighted by Crippen LogP contribution is -2.31. The Labute approximate surface area is 137 Å². The highest BCUT2D eigenvalue weighted by atomic mass is 16.2. The van der Waals surface area contributed by atoms with Gasteiger partial charge >= 0.3 is 6.03 Å². The van der Waals surface area contributed by atoms with Crippen LogP contribution in [0.25, 0.3) is 0 Å². The summed E-state index contributed by atoms with van der Waals surface area (Å²) in [5, 5.41) is 5.85. The monoisotopic (exact) mass is 313 g/mol. The minimum atomic E-state index is -0.155. The van der Waals surface area contributed by atoms with E-state index in [-0.39, 0.29) is 6.03 Å². The fourth-order valence-electron chi connectivity index (χ4n) is 2.49. The number of rotatable bonds is 4. The Kier molecular flexibility index (Phi) is 5.16. The number of amides is 2. The predicted octanol–water partition coefficient (Wildman–Crippen LogP) is 3.11. The summed E-state index contributed by atoms with van der Waals surface area (Å²) in [6.45, 7) is 6.49. The maximum atomic E-state index is 12.4. The van der Waals surface area contributed by atoms with Crippen molar-refractivity contribution in [2.45, 2.75) is 27.3 Å². The lowest BCUT2D eigenvalue weighted by atomic mass is 10.1. The van der Waals surface area contributed by atoms with Gasteiger partial charge in [0.25, 0.3) is 0 Å². The van der Waals surface area contributed by atoms with E-state index in [1.165, 1.54) is 5.56 Å². The van der Waals surface area contributed by atoms with Gasteiger partial charge in [0, 0.05) is 37.7 Å². The molecule has 2 rings (SSSR count). The summed E-state index contributed by atoms with van der Waals surface area (Å²) in [5.41, 5.74) is 5.05. The lowest BCUT2D eigenvalue weighted by molar-refractivity contribution is 0.220. The fourth-order valence-corrected chi connectivity index (χ4v) is 2.49. The standard InChI is InChI=1S/C17H23N5O/c1-11-6-12(2)15(13(3)7-11)21-17(23)22(5)10-14-8-19-16(18-4)20-9-14/h6-9H,10H2,1-5H3,(H,21,23)(H,18,19,20). The molecule has 1 aromatic heterocycles. The lowest BCUT2D eigenvalue weighted by Gasteiger charge is -2.20. The minimum Gasteiger partial charge on any atom is -0.357 e. The molecule has 2 N–H and O–H groups in total. The molecule has 2 amide bonds. The molecule has 0 unspecified atom stereocenters. The molecule has 0 atom stereocenters. The van der Waals surface area contributed by atoms with Crippen LogP contribution < -0.4 is 10.6 Å². The van der Waals surface area contributed by atoms with E-state index in [0.717, 1.165) is 22.4 Å². The summed E-state index contributed by atoms with van der Waals surface area (Å²) in [7, 11) is 3.51. The van der Waals surface area contributed by atoms with Crippen molar-refractivity contribution in [3.05, 3.63) is 46.8 Å². The van der Waals surface area contributed by atoms with E-state index in [1.807, 2.05) is 20.8 Å². The van der Waals surface area contributed by atoms with E-state index in [1.54, 1.807) is 31.4 Å². The van der Waals surface area contributed by atoms with Gasteiger partial charge in [-0.15, -0.1) is 0 Å². The van der Waals surface area contributed by atoms with Gasteiger partial charge in [0.05, 0.1) is 6.54 Å². The van der Waals surface area contributed by atoms with E-state index in [0.29, 0.717) is 12.5 Å². The molecular formula is C17H23N5O. The maximum absolute atomic E-state index is 12.4. The number of hydrogen-bond acceptors (Lipinski definition) is 4. The maximum Gasteiger partial charge on any atom is 0.321 e. The van der Waals surface area contributed by atoms with E-state index < -0.39 is 0 Å². The zero-order valence-corrected chi connectivity index (χ0v) is 14.3.